The first-order valence-electron chi connectivity index (χ1n) is 9.34. The smallest absolute Gasteiger partial charge is 0.314 e. The molecule has 152 valence electrons. The van der Waals surface area contributed by atoms with Crippen molar-refractivity contribution in [1.82, 2.24) is 25.3 Å². The van der Waals surface area contributed by atoms with E-state index in [-0.39, 0.29) is 36.0 Å². The molecule has 2 amide bonds. The van der Waals surface area contributed by atoms with Gasteiger partial charge in [-0.25, -0.2) is 14.5 Å². The fourth-order valence-electron chi connectivity index (χ4n) is 3.15. The Morgan fingerprint density at radius 3 is 2.75 bits per heavy atom. The van der Waals surface area contributed by atoms with Gasteiger partial charge in [-0.15, -0.1) is 24.0 Å². The van der Waals surface area contributed by atoms with Crippen LogP contribution in [0.15, 0.2) is 47.7 Å². The molecule has 0 bridgehead atoms. The van der Waals surface area contributed by atoms with Crippen molar-refractivity contribution in [3.63, 3.8) is 0 Å². The van der Waals surface area contributed by atoms with Gasteiger partial charge in [-0.1, -0.05) is 12.1 Å². The van der Waals surface area contributed by atoms with Crippen molar-refractivity contribution in [2.45, 2.75) is 32.4 Å². The monoisotopic (exact) mass is 497 g/mol. The molecule has 0 aliphatic carbocycles. The summed E-state index contributed by atoms with van der Waals surface area (Å²) < 4.78 is 1.84. The maximum atomic E-state index is 11.2. The SMILES string of the molecule is CCNC(=NCc1cccc(-n2cccn2)c1)NC1CCN(C(N)=O)CC1.I. The minimum atomic E-state index is -0.342. The van der Waals surface area contributed by atoms with Gasteiger partial charge in [-0.3, -0.25) is 0 Å². The molecule has 0 spiro atoms. The van der Waals surface area contributed by atoms with E-state index in [0.717, 1.165) is 36.6 Å². The first kappa shape index (κ1) is 22.0. The highest BCUT2D eigenvalue weighted by molar-refractivity contribution is 14.0. The zero-order chi connectivity index (χ0) is 19.1. The second-order valence-corrected chi connectivity index (χ2v) is 6.56. The molecule has 1 aliphatic heterocycles. The third kappa shape index (κ3) is 6.11. The highest BCUT2D eigenvalue weighted by atomic mass is 127. The number of carbonyl (C=O) groups excluding carboxylic acids is 1. The lowest BCUT2D eigenvalue weighted by Crippen LogP contribution is -2.50. The van der Waals surface area contributed by atoms with Gasteiger partial charge in [-0.2, -0.15) is 5.10 Å². The Morgan fingerprint density at radius 2 is 2.11 bits per heavy atom. The van der Waals surface area contributed by atoms with Gasteiger partial charge in [0.05, 0.1) is 12.2 Å². The summed E-state index contributed by atoms with van der Waals surface area (Å²) in [4.78, 5) is 17.6. The van der Waals surface area contributed by atoms with Crippen molar-refractivity contribution in [3.05, 3.63) is 48.3 Å². The molecule has 2 heterocycles. The van der Waals surface area contributed by atoms with E-state index in [4.69, 9.17) is 10.7 Å². The third-order valence-electron chi connectivity index (χ3n) is 4.59. The molecule has 1 saturated heterocycles. The molecule has 1 aromatic heterocycles. The summed E-state index contributed by atoms with van der Waals surface area (Å²) in [5.74, 6) is 0.791. The van der Waals surface area contributed by atoms with Crippen LogP contribution in [0.5, 0.6) is 0 Å². The van der Waals surface area contributed by atoms with Gasteiger partial charge < -0.3 is 21.3 Å². The molecule has 0 unspecified atom stereocenters. The quantitative estimate of drug-likeness (QED) is 0.335. The van der Waals surface area contributed by atoms with Crippen molar-refractivity contribution >= 4 is 36.0 Å². The van der Waals surface area contributed by atoms with Gasteiger partial charge in [0.1, 0.15) is 0 Å². The van der Waals surface area contributed by atoms with Crippen molar-refractivity contribution in [3.8, 4) is 5.69 Å². The van der Waals surface area contributed by atoms with E-state index >= 15 is 0 Å². The zero-order valence-electron chi connectivity index (χ0n) is 16.0. The van der Waals surface area contributed by atoms with Crippen LogP contribution >= 0.6 is 24.0 Å². The number of hydrogen-bond donors (Lipinski definition) is 3. The molecule has 0 atom stereocenters. The van der Waals surface area contributed by atoms with Gasteiger partial charge >= 0.3 is 6.03 Å². The van der Waals surface area contributed by atoms with Crippen LogP contribution in [0.1, 0.15) is 25.3 Å². The van der Waals surface area contributed by atoms with E-state index in [0.29, 0.717) is 19.6 Å². The molecule has 0 saturated carbocycles. The Hall–Kier alpha value is -2.30. The molecule has 1 fully saturated rings. The number of nitrogens with two attached hydrogens (primary N) is 1. The van der Waals surface area contributed by atoms with Crippen LogP contribution in [-0.2, 0) is 6.54 Å². The van der Waals surface area contributed by atoms with E-state index in [2.05, 4.69) is 27.9 Å². The number of carbonyl (C=O) groups is 1. The normalized spacial score (nSPS) is 15.0. The number of nitrogens with zero attached hydrogens (tertiary/aromatic N) is 4. The highest BCUT2D eigenvalue weighted by Crippen LogP contribution is 2.12. The van der Waals surface area contributed by atoms with E-state index in [9.17, 15) is 4.79 Å². The molecule has 4 N–H and O–H groups in total. The van der Waals surface area contributed by atoms with Gasteiger partial charge in [0.15, 0.2) is 5.96 Å². The van der Waals surface area contributed by atoms with Crippen LogP contribution in [-0.4, -0.2) is 52.3 Å². The van der Waals surface area contributed by atoms with Crippen molar-refractivity contribution in [2.24, 2.45) is 10.7 Å². The average molecular weight is 497 g/mol. The Kier molecular flexibility index (Phi) is 8.55. The summed E-state index contributed by atoms with van der Waals surface area (Å²) >= 11 is 0. The topological polar surface area (TPSA) is 101 Å². The summed E-state index contributed by atoms with van der Waals surface area (Å²) in [6.45, 7) is 4.77. The summed E-state index contributed by atoms with van der Waals surface area (Å²) in [6, 6.07) is 10.0. The number of likely N-dealkylation sites (tertiary alicyclic amines) is 1. The van der Waals surface area contributed by atoms with E-state index < -0.39 is 0 Å². The minimum absolute atomic E-state index is 0. The lowest BCUT2D eigenvalue weighted by molar-refractivity contribution is 0.188. The predicted molar refractivity (Wildman–Crippen MR) is 121 cm³/mol. The van der Waals surface area contributed by atoms with Crippen LogP contribution in [0.3, 0.4) is 0 Å². The highest BCUT2D eigenvalue weighted by Gasteiger charge is 2.21. The number of hydrogen-bond acceptors (Lipinski definition) is 3. The minimum Gasteiger partial charge on any atom is -0.357 e. The van der Waals surface area contributed by atoms with Crippen LogP contribution in [0, 0.1) is 0 Å². The Morgan fingerprint density at radius 1 is 1.32 bits per heavy atom. The number of urea groups is 1. The second-order valence-electron chi connectivity index (χ2n) is 6.56. The summed E-state index contributed by atoms with van der Waals surface area (Å²) in [5.41, 5.74) is 7.48. The number of nitrogens with one attached hydrogen (secondary N) is 2. The number of primary amides is 1. The Labute approximate surface area is 182 Å². The number of guanidine groups is 1. The molecule has 1 aromatic carbocycles. The van der Waals surface area contributed by atoms with E-state index in [1.54, 1.807) is 11.1 Å². The maximum absolute atomic E-state index is 11.2. The van der Waals surface area contributed by atoms with Crippen molar-refractivity contribution in [1.29, 1.82) is 0 Å². The number of halogens is 1. The standard InChI is InChI=1S/C19H27N7O.HI/c1-2-21-19(24-16-7-11-25(12-8-16)18(20)27)22-14-15-5-3-6-17(13-15)26-10-4-9-23-26;/h3-6,9-10,13,16H,2,7-8,11-12,14H2,1H3,(H2,20,27)(H2,21,22,24);1H. The molecule has 8 nitrogen and oxygen atoms in total. The number of aromatic nitrogens is 2. The number of aliphatic imine (C=N–C) groups is 1. The molecule has 2 aromatic rings. The first-order chi connectivity index (χ1) is 13.2. The summed E-state index contributed by atoms with van der Waals surface area (Å²) in [6.07, 6.45) is 5.41. The largest absolute Gasteiger partial charge is 0.357 e. The number of rotatable bonds is 5. The Balaban J connectivity index is 0.00000280. The molecule has 1 aliphatic rings. The molecule has 28 heavy (non-hydrogen) atoms. The van der Waals surface area contributed by atoms with Crippen molar-refractivity contribution < 1.29 is 4.79 Å². The number of piperidine rings is 1. The predicted octanol–water partition coefficient (Wildman–Crippen LogP) is 2.09. The first-order valence-corrected chi connectivity index (χ1v) is 9.34. The summed E-state index contributed by atoms with van der Waals surface area (Å²) in [7, 11) is 0. The molecule has 0 radical (unpaired) electrons. The van der Waals surface area contributed by atoms with Crippen LogP contribution in [0.25, 0.3) is 5.69 Å². The number of benzene rings is 1. The van der Waals surface area contributed by atoms with E-state index in [1.807, 2.05) is 36.0 Å². The molecule has 3 rings (SSSR count). The van der Waals surface area contributed by atoms with Gasteiger partial charge in [-0.05, 0) is 43.5 Å². The van der Waals surface area contributed by atoms with Gasteiger partial charge in [0, 0.05) is 38.1 Å². The Bertz CT molecular complexity index is 770. The van der Waals surface area contributed by atoms with Gasteiger partial charge in [0.2, 0.25) is 0 Å². The third-order valence-corrected chi connectivity index (χ3v) is 4.59. The van der Waals surface area contributed by atoms with Crippen LogP contribution in [0.4, 0.5) is 4.79 Å². The van der Waals surface area contributed by atoms with Gasteiger partial charge in [0.25, 0.3) is 0 Å². The number of amides is 2. The fraction of sp³-hybridized carbons (Fsp3) is 0.421. The van der Waals surface area contributed by atoms with Crippen LogP contribution < -0.4 is 16.4 Å². The van der Waals surface area contributed by atoms with Crippen molar-refractivity contribution in [2.75, 3.05) is 19.6 Å². The average Bonchev–Trinajstić information content (AvgIpc) is 3.22. The van der Waals surface area contributed by atoms with E-state index in [1.165, 1.54) is 0 Å². The molecular weight excluding hydrogens is 469 g/mol. The zero-order valence-corrected chi connectivity index (χ0v) is 18.4. The van der Waals surface area contributed by atoms with Crippen LogP contribution in [0.2, 0.25) is 0 Å². The lowest BCUT2D eigenvalue weighted by atomic mass is 10.1. The fourth-order valence-corrected chi connectivity index (χ4v) is 3.15. The lowest BCUT2D eigenvalue weighted by Gasteiger charge is -2.32. The molecule has 9 heteroatoms. The second kappa shape index (κ2) is 10.9. The molecular formula is C19H28IN7O. The maximum Gasteiger partial charge on any atom is 0.314 e. The summed E-state index contributed by atoms with van der Waals surface area (Å²) in [5, 5.41) is 11.0.